The Bertz CT molecular complexity index is 418. The van der Waals surface area contributed by atoms with E-state index in [2.05, 4.69) is 5.14 Å². The average Bonchev–Trinajstić information content (AvgIpc) is 1.93. The molecule has 0 spiro atoms. The molecule has 0 saturated carbocycles. The second kappa shape index (κ2) is 3.19. The van der Waals surface area contributed by atoms with Crippen LogP contribution < -0.4 is 9.86 Å². The molecular formula is C6H7FN2O3S. The highest BCUT2D eigenvalue weighted by atomic mass is 32.2. The average molecular weight is 206 g/mol. The third-order valence-electron chi connectivity index (χ3n) is 1.21. The van der Waals surface area contributed by atoms with Crippen LogP contribution in [0.2, 0.25) is 0 Å². The molecule has 0 heterocycles. The molecule has 0 unspecified atom stereocenters. The third-order valence-corrected chi connectivity index (χ3v) is 1.72. The maximum atomic E-state index is 12.4. The molecule has 1 aromatic carbocycles. The minimum Gasteiger partial charge on any atom is -0.506 e. The molecule has 0 fully saturated rings. The maximum absolute atomic E-state index is 12.4. The Morgan fingerprint density at radius 1 is 1.46 bits per heavy atom. The number of halogens is 1. The van der Waals surface area contributed by atoms with E-state index in [4.69, 9.17) is 5.11 Å². The summed E-state index contributed by atoms with van der Waals surface area (Å²) in [4.78, 5) is 0. The molecule has 7 heteroatoms. The zero-order valence-corrected chi connectivity index (χ0v) is 7.18. The highest BCUT2D eigenvalue weighted by molar-refractivity contribution is 7.90. The van der Waals surface area contributed by atoms with Gasteiger partial charge in [0.25, 0.3) is 10.2 Å². The Balaban J connectivity index is 3.04. The molecule has 0 atom stereocenters. The van der Waals surface area contributed by atoms with Gasteiger partial charge < -0.3 is 5.11 Å². The third kappa shape index (κ3) is 2.88. The largest absolute Gasteiger partial charge is 0.506 e. The lowest BCUT2D eigenvalue weighted by molar-refractivity contribution is 0.471. The van der Waals surface area contributed by atoms with Crippen LogP contribution in [0, 0.1) is 5.82 Å². The number of hydrogen-bond acceptors (Lipinski definition) is 3. The minimum atomic E-state index is -3.94. The van der Waals surface area contributed by atoms with Gasteiger partial charge in [0.05, 0.1) is 5.69 Å². The smallest absolute Gasteiger partial charge is 0.296 e. The zero-order valence-electron chi connectivity index (χ0n) is 6.36. The number of benzene rings is 1. The normalized spacial score (nSPS) is 11.2. The van der Waals surface area contributed by atoms with Crippen LogP contribution in [-0.4, -0.2) is 13.5 Å². The van der Waals surface area contributed by atoms with Crippen molar-refractivity contribution in [1.29, 1.82) is 0 Å². The Morgan fingerprint density at radius 3 is 2.54 bits per heavy atom. The number of rotatable bonds is 2. The Labute approximate surface area is 74.2 Å². The molecule has 1 rings (SSSR count). The molecule has 0 amide bonds. The number of nitrogens with one attached hydrogen (secondary N) is 1. The van der Waals surface area contributed by atoms with Crippen molar-refractivity contribution in [3.8, 4) is 5.75 Å². The van der Waals surface area contributed by atoms with Crippen molar-refractivity contribution in [3.63, 3.8) is 0 Å². The summed E-state index contributed by atoms with van der Waals surface area (Å²) in [6, 6.07) is 2.83. The highest BCUT2D eigenvalue weighted by Crippen LogP contribution is 2.23. The second-order valence-corrected chi connectivity index (χ2v) is 3.60. The fourth-order valence-electron chi connectivity index (χ4n) is 0.744. The molecular weight excluding hydrogens is 199 g/mol. The van der Waals surface area contributed by atoms with Crippen LogP contribution in [0.3, 0.4) is 0 Å². The van der Waals surface area contributed by atoms with Gasteiger partial charge in [0, 0.05) is 6.07 Å². The molecule has 13 heavy (non-hydrogen) atoms. The van der Waals surface area contributed by atoms with Gasteiger partial charge in [-0.25, -0.2) is 9.53 Å². The first-order valence-electron chi connectivity index (χ1n) is 3.17. The van der Waals surface area contributed by atoms with Crippen molar-refractivity contribution in [3.05, 3.63) is 24.0 Å². The summed E-state index contributed by atoms with van der Waals surface area (Å²) in [5.41, 5.74) is -0.163. The van der Waals surface area contributed by atoms with Crippen LogP contribution in [0.15, 0.2) is 18.2 Å². The van der Waals surface area contributed by atoms with Crippen molar-refractivity contribution in [1.82, 2.24) is 0 Å². The van der Waals surface area contributed by atoms with Gasteiger partial charge in [0.2, 0.25) is 0 Å². The number of aromatic hydroxyl groups is 1. The van der Waals surface area contributed by atoms with Crippen LogP contribution in [0.5, 0.6) is 5.75 Å². The van der Waals surface area contributed by atoms with E-state index < -0.39 is 21.8 Å². The molecule has 72 valence electrons. The maximum Gasteiger partial charge on any atom is 0.296 e. The summed E-state index contributed by atoms with van der Waals surface area (Å²) >= 11 is 0. The zero-order chi connectivity index (χ0) is 10.1. The summed E-state index contributed by atoms with van der Waals surface area (Å²) in [6.07, 6.45) is 0. The number of anilines is 1. The van der Waals surface area contributed by atoms with E-state index in [1.165, 1.54) is 0 Å². The second-order valence-electron chi connectivity index (χ2n) is 2.31. The number of phenolic OH excluding ortho intramolecular Hbond substituents is 1. The summed E-state index contributed by atoms with van der Waals surface area (Å²) in [6.45, 7) is 0. The first-order valence-corrected chi connectivity index (χ1v) is 4.72. The molecule has 0 aromatic heterocycles. The van der Waals surface area contributed by atoms with Crippen molar-refractivity contribution in [2.24, 2.45) is 5.14 Å². The lowest BCUT2D eigenvalue weighted by Gasteiger charge is -2.04. The summed E-state index contributed by atoms with van der Waals surface area (Å²) in [5, 5.41) is 13.7. The van der Waals surface area contributed by atoms with Gasteiger partial charge in [-0.05, 0) is 12.1 Å². The van der Waals surface area contributed by atoms with Gasteiger partial charge in [-0.2, -0.15) is 8.42 Å². The standard InChI is InChI=1S/C6H7FN2O3S/c7-4-1-2-5(6(10)3-4)9-13(8,11)12/h1-3,9-10H,(H2,8,11,12). The topological polar surface area (TPSA) is 92.4 Å². The summed E-state index contributed by atoms with van der Waals surface area (Å²) in [7, 11) is -3.94. The predicted molar refractivity (Wildman–Crippen MR) is 44.8 cm³/mol. The molecule has 0 aliphatic rings. The van der Waals surface area contributed by atoms with Gasteiger partial charge in [-0.15, -0.1) is 0 Å². The van der Waals surface area contributed by atoms with E-state index in [0.717, 1.165) is 18.2 Å². The van der Waals surface area contributed by atoms with Crippen LogP contribution >= 0.6 is 0 Å². The van der Waals surface area contributed by atoms with Gasteiger partial charge >= 0.3 is 0 Å². The van der Waals surface area contributed by atoms with E-state index >= 15 is 0 Å². The molecule has 1 aromatic rings. The Kier molecular flexibility index (Phi) is 2.39. The van der Waals surface area contributed by atoms with Crippen molar-refractivity contribution in [2.75, 3.05) is 4.72 Å². The van der Waals surface area contributed by atoms with E-state index in [1.54, 1.807) is 0 Å². The molecule has 0 aliphatic heterocycles. The molecule has 0 bridgehead atoms. The molecule has 0 aliphatic carbocycles. The van der Waals surface area contributed by atoms with Gasteiger partial charge in [0.1, 0.15) is 11.6 Å². The number of hydrogen-bond donors (Lipinski definition) is 3. The van der Waals surface area contributed by atoms with Crippen LogP contribution in [0.4, 0.5) is 10.1 Å². The van der Waals surface area contributed by atoms with Crippen LogP contribution in [0.1, 0.15) is 0 Å². The SMILES string of the molecule is NS(=O)(=O)Nc1ccc(F)cc1O. The summed E-state index contributed by atoms with van der Waals surface area (Å²) in [5.74, 6) is -1.19. The Morgan fingerprint density at radius 2 is 2.08 bits per heavy atom. The van der Waals surface area contributed by atoms with Gasteiger partial charge in [-0.1, -0.05) is 0 Å². The first-order chi connectivity index (χ1) is 5.88. The minimum absolute atomic E-state index is 0.163. The quantitative estimate of drug-likeness (QED) is 0.601. The molecule has 4 N–H and O–H groups in total. The lowest BCUT2D eigenvalue weighted by atomic mass is 10.3. The highest BCUT2D eigenvalue weighted by Gasteiger charge is 2.07. The monoisotopic (exact) mass is 206 g/mol. The van der Waals surface area contributed by atoms with E-state index in [0.29, 0.717) is 0 Å². The number of phenols is 1. The van der Waals surface area contributed by atoms with Crippen molar-refractivity contribution >= 4 is 15.9 Å². The van der Waals surface area contributed by atoms with Crippen LogP contribution in [-0.2, 0) is 10.2 Å². The van der Waals surface area contributed by atoms with E-state index in [9.17, 15) is 12.8 Å². The molecule has 5 nitrogen and oxygen atoms in total. The predicted octanol–water partition coefficient (Wildman–Crippen LogP) is 0.147. The first kappa shape index (κ1) is 9.75. The van der Waals surface area contributed by atoms with Gasteiger partial charge in [-0.3, -0.25) is 4.72 Å². The van der Waals surface area contributed by atoms with E-state index in [1.807, 2.05) is 4.72 Å². The lowest BCUT2D eigenvalue weighted by Crippen LogP contribution is -2.21. The van der Waals surface area contributed by atoms with Crippen LogP contribution in [0.25, 0.3) is 0 Å². The van der Waals surface area contributed by atoms with Crippen molar-refractivity contribution in [2.45, 2.75) is 0 Å². The summed E-state index contributed by atoms with van der Waals surface area (Å²) < 4.78 is 35.2. The van der Waals surface area contributed by atoms with Gasteiger partial charge in [0.15, 0.2) is 0 Å². The fraction of sp³-hybridized carbons (Fsp3) is 0. The van der Waals surface area contributed by atoms with Crippen molar-refractivity contribution < 1.29 is 17.9 Å². The fourth-order valence-corrected chi connectivity index (χ4v) is 1.22. The number of nitrogens with two attached hydrogens (primary N) is 1. The molecule has 0 radical (unpaired) electrons. The molecule has 0 saturated heterocycles. The van der Waals surface area contributed by atoms with E-state index in [-0.39, 0.29) is 5.69 Å². The Hall–Kier alpha value is -1.34.